The molecule has 1 fully saturated rings. The second-order valence-corrected chi connectivity index (χ2v) is 4.66. The largest absolute Gasteiger partial charge is 0.496 e. The molecule has 1 aromatic rings. The monoisotopic (exact) mass is 248 g/mol. The number of rotatable bonds is 5. The Labute approximate surface area is 108 Å². The smallest absolute Gasteiger partial charge is 0.122 e. The molecule has 0 saturated carbocycles. The summed E-state index contributed by atoms with van der Waals surface area (Å²) in [6.45, 7) is 1.70. The van der Waals surface area contributed by atoms with Gasteiger partial charge in [-0.15, -0.1) is 0 Å². The fourth-order valence-electron chi connectivity index (χ4n) is 2.49. The van der Waals surface area contributed by atoms with Gasteiger partial charge in [0, 0.05) is 19.6 Å². The van der Waals surface area contributed by atoms with E-state index in [0.717, 1.165) is 50.1 Å². The molecular weight excluding hydrogens is 228 g/mol. The number of benzene rings is 1. The first-order chi connectivity index (χ1) is 8.85. The molecule has 0 radical (unpaired) electrons. The van der Waals surface area contributed by atoms with Gasteiger partial charge in [0.25, 0.3) is 0 Å². The van der Waals surface area contributed by atoms with Gasteiger partial charge in [0.15, 0.2) is 0 Å². The van der Waals surface area contributed by atoms with Crippen molar-refractivity contribution in [3.63, 3.8) is 0 Å². The van der Waals surface area contributed by atoms with Gasteiger partial charge in [0.1, 0.15) is 12.0 Å². The van der Waals surface area contributed by atoms with Crippen LogP contribution in [0.25, 0.3) is 0 Å². The van der Waals surface area contributed by atoms with Crippen molar-refractivity contribution in [2.75, 3.05) is 20.3 Å². The molecule has 0 N–H and O–H groups in total. The number of hydrogen-bond acceptors (Lipinski definition) is 3. The molecule has 0 unspecified atom stereocenters. The van der Waals surface area contributed by atoms with Gasteiger partial charge in [-0.05, 0) is 42.4 Å². The van der Waals surface area contributed by atoms with Crippen LogP contribution in [0.1, 0.15) is 36.3 Å². The van der Waals surface area contributed by atoms with Crippen molar-refractivity contribution in [3.05, 3.63) is 29.3 Å². The van der Waals surface area contributed by atoms with Crippen LogP contribution in [-0.4, -0.2) is 26.6 Å². The third kappa shape index (κ3) is 3.10. The lowest BCUT2D eigenvalue weighted by Gasteiger charge is -2.23. The molecule has 1 heterocycles. The molecule has 98 valence electrons. The average molecular weight is 248 g/mol. The molecule has 0 spiro atoms. The Morgan fingerprint density at radius 1 is 1.39 bits per heavy atom. The third-order valence-electron chi connectivity index (χ3n) is 3.53. The molecule has 3 heteroatoms. The summed E-state index contributed by atoms with van der Waals surface area (Å²) in [7, 11) is 1.67. The van der Waals surface area contributed by atoms with E-state index in [1.165, 1.54) is 5.56 Å². The van der Waals surface area contributed by atoms with Crippen LogP contribution in [0.4, 0.5) is 0 Å². The average Bonchev–Trinajstić information content (AvgIpc) is 2.45. The fourth-order valence-corrected chi connectivity index (χ4v) is 2.49. The minimum Gasteiger partial charge on any atom is -0.496 e. The summed E-state index contributed by atoms with van der Waals surface area (Å²) in [6, 6.07) is 6.35. The van der Waals surface area contributed by atoms with Gasteiger partial charge >= 0.3 is 0 Å². The first-order valence-corrected chi connectivity index (χ1v) is 6.53. The first kappa shape index (κ1) is 13.1. The molecule has 0 amide bonds. The maximum Gasteiger partial charge on any atom is 0.122 e. The lowest BCUT2D eigenvalue weighted by molar-refractivity contribution is -0.107. The summed E-state index contributed by atoms with van der Waals surface area (Å²) in [5.41, 5.74) is 2.48. The quantitative estimate of drug-likeness (QED) is 0.752. The van der Waals surface area contributed by atoms with Crippen LogP contribution in [0.3, 0.4) is 0 Å². The van der Waals surface area contributed by atoms with E-state index in [1.54, 1.807) is 7.11 Å². The van der Waals surface area contributed by atoms with E-state index in [4.69, 9.17) is 9.47 Å². The number of hydrogen-bond donors (Lipinski definition) is 0. The van der Waals surface area contributed by atoms with Crippen molar-refractivity contribution >= 4 is 6.29 Å². The summed E-state index contributed by atoms with van der Waals surface area (Å²) < 4.78 is 10.7. The maximum absolute atomic E-state index is 10.5. The molecule has 0 atom stereocenters. The highest BCUT2D eigenvalue weighted by atomic mass is 16.5. The molecule has 3 nitrogen and oxygen atoms in total. The molecular formula is C15H20O3. The zero-order chi connectivity index (χ0) is 12.8. The standard InChI is InChI=1S/C15H20O3/c1-17-15-5-4-13(11-14(15)3-2-8-16)12-6-9-18-10-7-12/h4-5,8,11-12H,2-3,6-7,9-10H2,1H3. The summed E-state index contributed by atoms with van der Waals surface area (Å²) in [5.74, 6) is 1.47. The van der Waals surface area contributed by atoms with Gasteiger partial charge in [-0.3, -0.25) is 0 Å². The topological polar surface area (TPSA) is 35.5 Å². The summed E-state index contributed by atoms with van der Waals surface area (Å²) in [6.07, 6.45) is 4.43. The molecule has 2 rings (SSSR count). The highest BCUT2D eigenvalue weighted by Crippen LogP contribution is 2.30. The van der Waals surface area contributed by atoms with Crippen molar-refractivity contribution in [1.82, 2.24) is 0 Å². The van der Waals surface area contributed by atoms with Crippen molar-refractivity contribution in [1.29, 1.82) is 0 Å². The van der Waals surface area contributed by atoms with E-state index in [9.17, 15) is 4.79 Å². The van der Waals surface area contributed by atoms with Crippen LogP contribution in [0.15, 0.2) is 18.2 Å². The number of ether oxygens (including phenoxy) is 2. The predicted octanol–water partition coefficient (Wildman–Crippen LogP) is 2.72. The normalized spacial score (nSPS) is 16.5. The van der Waals surface area contributed by atoms with Gasteiger partial charge in [-0.25, -0.2) is 0 Å². The number of aryl methyl sites for hydroxylation is 1. The Morgan fingerprint density at radius 3 is 2.83 bits per heavy atom. The van der Waals surface area contributed by atoms with Crippen LogP contribution < -0.4 is 4.74 Å². The van der Waals surface area contributed by atoms with Crippen LogP contribution in [-0.2, 0) is 16.0 Å². The van der Waals surface area contributed by atoms with Crippen molar-refractivity contribution in [2.24, 2.45) is 0 Å². The fraction of sp³-hybridized carbons (Fsp3) is 0.533. The van der Waals surface area contributed by atoms with E-state index in [2.05, 4.69) is 12.1 Å². The summed E-state index contributed by atoms with van der Waals surface area (Å²) in [4.78, 5) is 10.5. The Kier molecular flexibility index (Phi) is 4.76. The predicted molar refractivity (Wildman–Crippen MR) is 70.2 cm³/mol. The highest BCUT2D eigenvalue weighted by Gasteiger charge is 2.17. The van der Waals surface area contributed by atoms with E-state index in [1.807, 2.05) is 6.07 Å². The van der Waals surface area contributed by atoms with Crippen LogP contribution in [0.5, 0.6) is 5.75 Å². The maximum atomic E-state index is 10.5. The van der Waals surface area contributed by atoms with E-state index >= 15 is 0 Å². The molecule has 18 heavy (non-hydrogen) atoms. The van der Waals surface area contributed by atoms with Crippen LogP contribution in [0.2, 0.25) is 0 Å². The molecule has 1 saturated heterocycles. The van der Waals surface area contributed by atoms with Gasteiger partial charge in [-0.1, -0.05) is 12.1 Å². The summed E-state index contributed by atoms with van der Waals surface area (Å²) in [5, 5.41) is 0. The van der Waals surface area contributed by atoms with Crippen molar-refractivity contribution in [2.45, 2.75) is 31.6 Å². The third-order valence-corrected chi connectivity index (χ3v) is 3.53. The lowest BCUT2D eigenvalue weighted by atomic mass is 9.90. The van der Waals surface area contributed by atoms with Crippen LogP contribution in [0, 0.1) is 0 Å². The van der Waals surface area contributed by atoms with E-state index in [0.29, 0.717) is 12.3 Å². The van der Waals surface area contributed by atoms with Crippen LogP contribution >= 0.6 is 0 Å². The molecule has 0 bridgehead atoms. The zero-order valence-electron chi connectivity index (χ0n) is 10.9. The van der Waals surface area contributed by atoms with Crippen molar-refractivity contribution in [3.8, 4) is 5.75 Å². The minimum atomic E-state index is 0.549. The van der Waals surface area contributed by atoms with Crippen molar-refractivity contribution < 1.29 is 14.3 Å². The Balaban J connectivity index is 2.17. The van der Waals surface area contributed by atoms with E-state index < -0.39 is 0 Å². The zero-order valence-corrected chi connectivity index (χ0v) is 10.9. The summed E-state index contributed by atoms with van der Waals surface area (Å²) >= 11 is 0. The van der Waals surface area contributed by atoms with Gasteiger partial charge in [-0.2, -0.15) is 0 Å². The molecule has 1 aliphatic rings. The van der Waals surface area contributed by atoms with Gasteiger partial charge in [0.2, 0.25) is 0 Å². The highest BCUT2D eigenvalue weighted by molar-refractivity contribution is 5.51. The van der Waals surface area contributed by atoms with E-state index in [-0.39, 0.29) is 0 Å². The molecule has 1 aromatic carbocycles. The SMILES string of the molecule is COc1ccc(C2CCOCC2)cc1CCC=O. The lowest BCUT2D eigenvalue weighted by Crippen LogP contribution is -2.14. The second-order valence-electron chi connectivity index (χ2n) is 4.66. The number of carbonyl (C=O) groups excluding carboxylic acids is 1. The number of methoxy groups -OCH3 is 1. The molecule has 0 aromatic heterocycles. The minimum absolute atomic E-state index is 0.549. The number of carbonyl (C=O) groups is 1. The first-order valence-electron chi connectivity index (χ1n) is 6.53. The van der Waals surface area contributed by atoms with Gasteiger partial charge < -0.3 is 14.3 Å². The Bertz CT molecular complexity index is 395. The van der Waals surface area contributed by atoms with Gasteiger partial charge in [0.05, 0.1) is 7.11 Å². The Morgan fingerprint density at radius 2 is 2.17 bits per heavy atom. The number of aldehydes is 1. The molecule has 1 aliphatic heterocycles. The second kappa shape index (κ2) is 6.55. The Hall–Kier alpha value is -1.35. The molecule has 0 aliphatic carbocycles.